The van der Waals surface area contributed by atoms with E-state index in [4.69, 9.17) is 0 Å². The van der Waals surface area contributed by atoms with Crippen LogP contribution in [-0.4, -0.2) is 35.4 Å². The normalized spacial score (nSPS) is 24.2. The number of aryl methyl sites for hydroxylation is 2. The average molecular weight is 442 g/mol. The molecule has 162 valence electrons. The largest absolute Gasteiger partial charge is 0.481 e. The molecule has 4 atom stereocenters. The molecule has 1 saturated carbocycles. The topological polar surface area (TPSA) is 138 Å². The van der Waals surface area contributed by atoms with Gasteiger partial charge in [0, 0.05) is 17.4 Å². The first kappa shape index (κ1) is 21.0. The molecule has 10 heteroatoms. The van der Waals surface area contributed by atoms with E-state index in [2.05, 4.69) is 20.0 Å². The molecule has 0 radical (unpaired) electrons. The average Bonchev–Trinajstić information content (AvgIpc) is 3.28. The number of aliphatic carboxylic acids is 1. The summed E-state index contributed by atoms with van der Waals surface area (Å²) in [6.45, 7) is 3.41. The molecule has 0 spiro atoms. The van der Waals surface area contributed by atoms with Crippen molar-refractivity contribution in [2.75, 3.05) is 10.0 Å². The molecule has 0 saturated heterocycles. The number of nitrogens with one attached hydrogen (secondary N) is 2. The van der Waals surface area contributed by atoms with Crippen molar-refractivity contribution in [2.24, 2.45) is 23.7 Å². The summed E-state index contributed by atoms with van der Waals surface area (Å²) in [4.78, 5) is 32.6. The minimum absolute atomic E-state index is 0.00527. The Kier molecular flexibility index (Phi) is 5.26. The number of anilines is 2. The molecule has 1 aromatic carbocycles. The second kappa shape index (κ2) is 7.77. The number of amides is 1. The molecule has 1 aromatic heterocycles. The summed E-state index contributed by atoms with van der Waals surface area (Å²) in [6.07, 6.45) is 4.45. The van der Waals surface area contributed by atoms with Gasteiger partial charge in [0.2, 0.25) is 5.91 Å². The van der Waals surface area contributed by atoms with Gasteiger partial charge in [-0.05, 0) is 56.4 Å². The maximum absolute atomic E-state index is 12.8. The summed E-state index contributed by atoms with van der Waals surface area (Å²) in [5, 5.41) is 12.2. The minimum atomic E-state index is -3.87. The first-order chi connectivity index (χ1) is 14.6. The van der Waals surface area contributed by atoms with Crippen LogP contribution in [0.1, 0.15) is 17.9 Å². The summed E-state index contributed by atoms with van der Waals surface area (Å²) in [6, 6.07) is 7.22. The highest BCUT2D eigenvalue weighted by Gasteiger charge is 2.51. The predicted molar refractivity (Wildman–Crippen MR) is 113 cm³/mol. The first-order valence-electron chi connectivity index (χ1n) is 9.81. The second-order valence-electron chi connectivity index (χ2n) is 7.90. The number of carboxylic acids is 1. The van der Waals surface area contributed by atoms with E-state index in [0.717, 1.165) is 0 Å². The van der Waals surface area contributed by atoms with Crippen molar-refractivity contribution in [1.82, 2.24) is 9.97 Å². The fourth-order valence-corrected chi connectivity index (χ4v) is 5.42. The van der Waals surface area contributed by atoms with Gasteiger partial charge in [-0.15, -0.1) is 0 Å². The molecule has 9 nitrogen and oxygen atoms in total. The number of carbonyl (C=O) groups excluding carboxylic acids is 1. The van der Waals surface area contributed by atoms with Crippen molar-refractivity contribution in [3.05, 3.63) is 54.0 Å². The van der Waals surface area contributed by atoms with Crippen LogP contribution in [0.3, 0.4) is 0 Å². The molecule has 0 unspecified atom stereocenters. The monoisotopic (exact) mass is 442 g/mol. The Labute approximate surface area is 179 Å². The molecule has 3 N–H and O–H groups in total. The van der Waals surface area contributed by atoms with E-state index in [1.165, 1.54) is 30.3 Å². The molecule has 2 bridgehead atoms. The fraction of sp³-hybridized carbons (Fsp3) is 0.333. The zero-order valence-electron chi connectivity index (χ0n) is 16.9. The third-order valence-electron chi connectivity index (χ3n) is 5.68. The second-order valence-corrected chi connectivity index (χ2v) is 9.58. The molecule has 2 aliphatic rings. The molecular formula is C21H22N4O5S. The number of hydrogen-bond donors (Lipinski definition) is 3. The smallest absolute Gasteiger partial charge is 0.307 e. The summed E-state index contributed by atoms with van der Waals surface area (Å²) in [7, 11) is -3.87. The van der Waals surface area contributed by atoms with Gasteiger partial charge in [-0.1, -0.05) is 12.2 Å². The van der Waals surface area contributed by atoms with Crippen LogP contribution in [0.2, 0.25) is 0 Å². The van der Waals surface area contributed by atoms with E-state index in [0.29, 0.717) is 23.6 Å². The first-order valence-corrected chi connectivity index (χ1v) is 11.3. The van der Waals surface area contributed by atoms with Crippen molar-refractivity contribution in [3.63, 3.8) is 0 Å². The van der Waals surface area contributed by atoms with Crippen LogP contribution >= 0.6 is 0 Å². The van der Waals surface area contributed by atoms with Crippen LogP contribution in [0.25, 0.3) is 0 Å². The summed E-state index contributed by atoms with van der Waals surface area (Å²) in [5.74, 6) is -2.30. The lowest BCUT2D eigenvalue weighted by Gasteiger charge is -2.23. The summed E-state index contributed by atoms with van der Waals surface area (Å²) in [5.41, 5.74) is 1.03. The molecular weight excluding hydrogens is 420 g/mol. The van der Waals surface area contributed by atoms with Crippen LogP contribution in [0.15, 0.2) is 47.4 Å². The predicted octanol–water partition coefficient (Wildman–Crippen LogP) is 2.36. The van der Waals surface area contributed by atoms with Crippen LogP contribution in [0.5, 0.6) is 0 Å². The minimum Gasteiger partial charge on any atom is -0.481 e. The Bertz CT molecular complexity index is 1160. The Morgan fingerprint density at radius 1 is 1.03 bits per heavy atom. The number of sulfonamides is 1. The van der Waals surface area contributed by atoms with Crippen molar-refractivity contribution in [2.45, 2.75) is 25.2 Å². The summed E-state index contributed by atoms with van der Waals surface area (Å²) < 4.78 is 27.7. The van der Waals surface area contributed by atoms with Gasteiger partial charge in [0.1, 0.15) is 11.6 Å². The lowest BCUT2D eigenvalue weighted by atomic mass is 9.82. The SMILES string of the molecule is Cc1cc(NS(=O)(=O)c2ccc(NC(=O)[C@@H]3[C@H](C(=O)O)[C@H]4C=C[C@H]3C4)cc2)nc(C)n1. The van der Waals surface area contributed by atoms with Crippen LogP contribution < -0.4 is 10.0 Å². The summed E-state index contributed by atoms with van der Waals surface area (Å²) >= 11 is 0. The number of rotatable bonds is 6. The molecule has 2 aliphatic carbocycles. The molecule has 1 fully saturated rings. The molecule has 1 heterocycles. The molecule has 31 heavy (non-hydrogen) atoms. The van der Waals surface area contributed by atoms with Crippen molar-refractivity contribution < 1.29 is 23.1 Å². The number of allylic oxidation sites excluding steroid dienone is 2. The standard InChI is InChI=1S/C21H22N4O5S/c1-11-9-17(23-12(2)22-11)25-31(29,30)16-7-5-15(6-8-16)24-20(26)18-13-3-4-14(10-13)19(18)21(27)28/h3-9,13-14,18-19H,10H2,1-2H3,(H,24,26)(H,27,28)(H,22,23,25)/t13-,14-,18-,19+/m0/s1. The maximum atomic E-state index is 12.8. The van der Waals surface area contributed by atoms with E-state index in [1.807, 2.05) is 12.2 Å². The number of carboxylic acid groups (broad SMARTS) is 1. The lowest BCUT2D eigenvalue weighted by Crippen LogP contribution is -2.36. The van der Waals surface area contributed by atoms with E-state index < -0.39 is 27.8 Å². The fourth-order valence-electron chi connectivity index (χ4n) is 4.43. The lowest BCUT2D eigenvalue weighted by molar-refractivity contribution is -0.146. The van der Waals surface area contributed by atoms with Crippen LogP contribution in [-0.2, 0) is 19.6 Å². The highest BCUT2D eigenvalue weighted by molar-refractivity contribution is 7.92. The maximum Gasteiger partial charge on any atom is 0.307 e. The van der Waals surface area contributed by atoms with Crippen molar-refractivity contribution in [1.29, 1.82) is 0 Å². The van der Waals surface area contributed by atoms with E-state index in [9.17, 15) is 23.1 Å². The number of nitrogens with zero attached hydrogens (tertiary/aromatic N) is 2. The highest BCUT2D eigenvalue weighted by Crippen LogP contribution is 2.48. The van der Waals surface area contributed by atoms with Gasteiger partial charge in [0.05, 0.1) is 16.7 Å². The number of hydrogen-bond acceptors (Lipinski definition) is 6. The number of aromatic nitrogens is 2. The zero-order chi connectivity index (χ0) is 22.3. The Morgan fingerprint density at radius 2 is 1.68 bits per heavy atom. The number of fused-ring (bicyclic) bond motifs is 2. The van der Waals surface area contributed by atoms with Gasteiger partial charge in [-0.3, -0.25) is 14.3 Å². The Morgan fingerprint density at radius 3 is 2.29 bits per heavy atom. The molecule has 0 aliphatic heterocycles. The van der Waals surface area contributed by atoms with Crippen molar-refractivity contribution in [3.8, 4) is 0 Å². The van der Waals surface area contributed by atoms with Gasteiger partial charge >= 0.3 is 5.97 Å². The Hall–Kier alpha value is -3.27. The van der Waals surface area contributed by atoms with Gasteiger partial charge in [-0.2, -0.15) is 0 Å². The van der Waals surface area contributed by atoms with Gasteiger partial charge in [0.25, 0.3) is 10.0 Å². The van der Waals surface area contributed by atoms with Gasteiger partial charge in [-0.25, -0.2) is 18.4 Å². The van der Waals surface area contributed by atoms with Crippen molar-refractivity contribution >= 4 is 33.4 Å². The molecule has 1 amide bonds. The van der Waals surface area contributed by atoms with E-state index >= 15 is 0 Å². The van der Waals surface area contributed by atoms with E-state index in [1.54, 1.807) is 13.8 Å². The van der Waals surface area contributed by atoms with Crippen LogP contribution in [0, 0.1) is 37.5 Å². The third kappa shape index (κ3) is 4.15. The molecule has 4 rings (SSSR count). The highest BCUT2D eigenvalue weighted by atomic mass is 32.2. The van der Waals surface area contributed by atoms with Gasteiger partial charge in [0.15, 0.2) is 0 Å². The van der Waals surface area contributed by atoms with Gasteiger partial charge < -0.3 is 10.4 Å². The molecule has 2 aromatic rings. The number of benzene rings is 1. The van der Waals surface area contributed by atoms with Crippen LogP contribution in [0.4, 0.5) is 11.5 Å². The quantitative estimate of drug-likeness (QED) is 0.584. The zero-order valence-corrected chi connectivity index (χ0v) is 17.8. The van der Waals surface area contributed by atoms with E-state index in [-0.39, 0.29) is 28.5 Å². The Balaban J connectivity index is 1.47. The number of carbonyl (C=O) groups is 2. The third-order valence-corrected chi connectivity index (χ3v) is 7.05.